The number of fused-ring (bicyclic) bond motifs is 2. The van der Waals surface area contributed by atoms with E-state index in [1.165, 1.54) is 6.42 Å². The van der Waals surface area contributed by atoms with Gasteiger partial charge in [0.05, 0.1) is 11.7 Å². The molecule has 0 radical (unpaired) electrons. The van der Waals surface area contributed by atoms with Crippen molar-refractivity contribution in [3.63, 3.8) is 0 Å². The molecule has 1 aliphatic heterocycles. The Labute approximate surface area is 193 Å². The molecule has 0 saturated heterocycles. The number of benzene rings is 1. The molecule has 0 bridgehead atoms. The number of hydrogen-bond acceptors (Lipinski definition) is 4. The van der Waals surface area contributed by atoms with Crippen LogP contribution in [0.4, 0.5) is 0 Å². The van der Waals surface area contributed by atoms with Gasteiger partial charge in [-0.05, 0) is 55.9 Å². The van der Waals surface area contributed by atoms with Crippen LogP contribution in [0.2, 0.25) is 5.02 Å². The van der Waals surface area contributed by atoms with Gasteiger partial charge in [-0.15, -0.1) is 0 Å². The van der Waals surface area contributed by atoms with Crippen LogP contribution >= 0.6 is 11.6 Å². The molecule has 1 saturated carbocycles. The van der Waals surface area contributed by atoms with Crippen molar-refractivity contribution in [1.82, 2.24) is 19.3 Å². The summed E-state index contributed by atoms with van der Waals surface area (Å²) in [5.41, 5.74) is 2.93. The first-order valence-electron chi connectivity index (χ1n) is 11.6. The number of imidazole rings is 1. The van der Waals surface area contributed by atoms with Crippen molar-refractivity contribution in [3.05, 3.63) is 58.6 Å². The number of aromatic nitrogens is 3. The third-order valence-corrected chi connectivity index (χ3v) is 7.47. The monoisotopic (exact) mass is 452 g/mol. The highest BCUT2D eigenvalue weighted by Gasteiger charge is 2.37. The van der Waals surface area contributed by atoms with Gasteiger partial charge < -0.3 is 9.64 Å². The minimum atomic E-state index is -0.0724. The Morgan fingerprint density at radius 1 is 1.25 bits per heavy atom. The average Bonchev–Trinajstić information content (AvgIpc) is 3.22. The highest BCUT2D eigenvalue weighted by molar-refractivity contribution is 6.31. The number of ether oxygens (including phenoxy) is 1. The Bertz CT molecular complexity index is 1110. The Morgan fingerprint density at radius 2 is 2.09 bits per heavy atom. The summed E-state index contributed by atoms with van der Waals surface area (Å²) < 4.78 is 8.12. The van der Waals surface area contributed by atoms with Crippen LogP contribution in [0.3, 0.4) is 0 Å². The van der Waals surface area contributed by atoms with Crippen molar-refractivity contribution in [3.8, 4) is 5.75 Å². The van der Waals surface area contributed by atoms with E-state index in [0.29, 0.717) is 24.8 Å². The maximum absolute atomic E-state index is 13.5. The summed E-state index contributed by atoms with van der Waals surface area (Å²) >= 11 is 6.57. The molecule has 1 fully saturated rings. The molecule has 2 aromatic heterocycles. The van der Waals surface area contributed by atoms with E-state index in [4.69, 9.17) is 16.3 Å². The molecular formula is C25H29ClN4O2. The van der Waals surface area contributed by atoms with Gasteiger partial charge in [-0.25, -0.2) is 9.97 Å². The number of carbonyl (C=O) groups excluding carboxylic acids is 1. The number of carbonyl (C=O) groups is 1. The first kappa shape index (κ1) is 21.3. The molecule has 0 spiro atoms. The first-order valence-corrected chi connectivity index (χ1v) is 11.9. The molecule has 168 valence electrons. The zero-order chi connectivity index (χ0) is 22.2. The van der Waals surface area contributed by atoms with Gasteiger partial charge in [-0.3, -0.25) is 9.20 Å². The lowest BCUT2D eigenvalue weighted by molar-refractivity contribution is -0.141. The predicted molar refractivity (Wildman–Crippen MR) is 124 cm³/mol. The molecule has 0 N–H and O–H groups in total. The third kappa shape index (κ3) is 3.85. The van der Waals surface area contributed by atoms with Gasteiger partial charge in [0.2, 0.25) is 11.7 Å². The van der Waals surface area contributed by atoms with Crippen LogP contribution < -0.4 is 4.74 Å². The second kappa shape index (κ2) is 8.74. The van der Waals surface area contributed by atoms with E-state index in [1.54, 1.807) is 6.20 Å². The SMILES string of the molecule is CC1CCCCC1C(=O)N1CCc2c(Cl)ccc(OCc3cn4cccnc4n3)c2C1C. The lowest BCUT2D eigenvalue weighted by atomic mass is 9.79. The molecular weight excluding hydrogens is 424 g/mol. The fourth-order valence-corrected chi connectivity index (χ4v) is 5.59. The number of halogens is 1. The zero-order valence-corrected chi connectivity index (χ0v) is 19.4. The third-order valence-electron chi connectivity index (χ3n) is 7.12. The van der Waals surface area contributed by atoms with Crippen LogP contribution in [-0.4, -0.2) is 31.7 Å². The van der Waals surface area contributed by atoms with Crippen molar-refractivity contribution >= 4 is 23.3 Å². The summed E-state index contributed by atoms with van der Waals surface area (Å²) in [6, 6.07) is 5.61. The number of rotatable bonds is 4. The van der Waals surface area contributed by atoms with E-state index in [9.17, 15) is 4.79 Å². The minimum absolute atomic E-state index is 0.0724. The van der Waals surface area contributed by atoms with Crippen LogP contribution in [0.5, 0.6) is 5.75 Å². The van der Waals surface area contributed by atoms with Crippen molar-refractivity contribution in [1.29, 1.82) is 0 Å². The van der Waals surface area contributed by atoms with E-state index in [-0.39, 0.29) is 17.9 Å². The molecule has 3 heterocycles. The smallest absolute Gasteiger partial charge is 0.234 e. The number of hydrogen-bond donors (Lipinski definition) is 0. The van der Waals surface area contributed by atoms with Gasteiger partial charge in [0.25, 0.3) is 0 Å². The summed E-state index contributed by atoms with van der Waals surface area (Å²) in [6.07, 6.45) is 10.8. The Morgan fingerprint density at radius 3 is 2.91 bits per heavy atom. The van der Waals surface area contributed by atoms with Gasteiger partial charge >= 0.3 is 0 Å². The largest absolute Gasteiger partial charge is 0.487 e. The molecule has 3 atom stereocenters. The lowest BCUT2D eigenvalue weighted by Crippen LogP contribution is -2.44. The van der Waals surface area contributed by atoms with E-state index < -0.39 is 0 Å². The number of amides is 1. The van der Waals surface area contributed by atoms with Crippen LogP contribution in [0.15, 0.2) is 36.8 Å². The fraction of sp³-hybridized carbons (Fsp3) is 0.480. The van der Waals surface area contributed by atoms with Crippen molar-refractivity contribution < 1.29 is 9.53 Å². The fourth-order valence-electron chi connectivity index (χ4n) is 5.33. The summed E-state index contributed by atoms with van der Waals surface area (Å²) in [6.45, 7) is 5.36. The van der Waals surface area contributed by atoms with Crippen LogP contribution in [0, 0.1) is 11.8 Å². The maximum Gasteiger partial charge on any atom is 0.234 e. The molecule has 6 nitrogen and oxygen atoms in total. The topological polar surface area (TPSA) is 59.7 Å². The van der Waals surface area contributed by atoms with Crippen LogP contribution in [0.25, 0.3) is 5.78 Å². The van der Waals surface area contributed by atoms with Gasteiger partial charge in [-0.2, -0.15) is 0 Å². The molecule has 3 unspecified atom stereocenters. The van der Waals surface area contributed by atoms with E-state index in [2.05, 4.69) is 23.8 Å². The minimum Gasteiger partial charge on any atom is -0.487 e. The summed E-state index contributed by atoms with van der Waals surface area (Å²) in [7, 11) is 0. The van der Waals surface area contributed by atoms with Crippen molar-refractivity contribution in [2.75, 3.05) is 6.54 Å². The number of nitrogens with zero attached hydrogens (tertiary/aromatic N) is 4. The first-order chi connectivity index (χ1) is 15.5. The highest BCUT2D eigenvalue weighted by Crippen LogP contribution is 2.42. The second-order valence-corrected chi connectivity index (χ2v) is 9.52. The van der Waals surface area contributed by atoms with E-state index in [0.717, 1.165) is 53.3 Å². The second-order valence-electron chi connectivity index (χ2n) is 9.11. The normalized spacial score (nSPS) is 23.2. The van der Waals surface area contributed by atoms with E-state index >= 15 is 0 Å². The summed E-state index contributed by atoms with van der Waals surface area (Å²) in [4.78, 5) is 24.3. The molecule has 1 aliphatic carbocycles. The van der Waals surface area contributed by atoms with Gasteiger partial charge in [0.1, 0.15) is 12.4 Å². The zero-order valence-electron chi connectivity index (χ0n) is 18.6. The van der Waals surface area contributed by atoms with Gasteiger partial charge in [0, 0.05) is 41.6 Å². The van der Waals surface area contributed by atoms with Crippen molar-refractivity contribution in [2.24, 2.45) is 11.8 Å². The molecule has 7 heteroatoms. The lowest BCUT2D eigenvalue weighted by Gasteiger charge is -2.40. The van der Waals surface area contributed by atoms with Crippen LogP contribution in [0.1, 0.15) is 62.4 Å². The van der Waals surface area contributed by atoms with Crippen molar-refractivity contribution in [2.45, 2.75) is 58.6 Å². The Hall–Kier alpha value is -2.60. The maximum atomic E-state index is 13.5. The molecule has 32 heavy (non-hydrogen) atoms. The molecule has 1 amide bonds. The Kier molecular flexibility index (Phi) is 5.80. The quantitative estimate of drug-likeness (QED) is 0.543. The predicted octanol–water partition coefficient (Wildman–Crippen LogP) is 5.23. The molecule has 2 aliphatic rings. The molecule has 1 aromatic carbocycles. The highest BCUT2D eigenvalue weighted by atomic mass is 35.5. The van der Waals surface area contributed by atoms with E-state index in [1.807, 2.05) is 39.9 Å². The molecule has 5 rings (SSSR count). The average molecular weight is 453 g/mol. The standard InChI is InChI=1S/C25H29ClN4O2/c1-16-6-3-4-7-19(16)24(31)30-13-10-20-21(26)8-9-22(23(20)17(30)2)32-15-18-14-29-12-5-11-27-25(29)28-18/h5,8-9,11-12,14,16-17,19H,3-4,6-7,10,13,15H2,1-2H3. The molecule has 3 aromatic rings. The summed E-state index contributed by atoms with van der Waals surface area (Å²) in [5, 5.41) is 0.745. The van der Waals surface area contributed by atoms with Gasteiger partial charge in [0.15, 0.2) is 0 Å². The Balaban J connectivity index is 1.40. The van der Waals surface area contributed by atoms with Gasteiger partial charge in [-0.1, -0.05) is 31.4 Å². The van der Waals surface area contributed by atoms with Crippen LogP contribution in [-0.2, 0) is 17.8 Å². The summed E-state index contributed by atoms with van der Waals surface area (Å²) in [5.74, 6) is 2.28.